The number of carbonyl (C=O) groups is 1. The molecule has 88 valence electrons. The molecule has 1 N–H and O–H groups in total. The minimum absolute atomic E-state index is 0.0372. The van der Waals surface area contributed by atoms with Gasteiger partial charge in [0.05, 0.1) is 0 Å². The van der Waals surface area contributed by atoms with E-state index in [9.17, 15) is 4.79 Å². The van der Waals surface area contributed by atoms with Crippen molar-refractivity contribution in [3.05, 3.63) is 35.9 Å². The van der Waals surface area contributed by atoms with Gasteiger partial charge in [0.25, 0.3) is 5.91 Å². The first-order valence-electron chi connectivity index (χ1n) is 6.11. The number of amides is 1. The number of hydrogen-bond acceptors (Lipinski definition) is 1. The molecule has 1 amide bonds. The van der Waals surface area contributed by atoms with Crippen LogP contribution in [0.15, 0.2) is 30.3 Å². The molecule has 0 heterocycles. The summed E-state index contributed by atoms with van der Waals surface area (Å²) >= 11 is 0. The van der Waals surface area contributed by atoms with Crippen LogP contribution in [0.1, 0.15) is 43.5 Å². The minimum Gasteiger partial charge on any atom is -0.352 e. The van der Waals surface area contributed by atoms with Crippen molar-refractivity contribution in [2.75, 3.05) is 6.54 Å². The zero-order valence-electron chi connectivity index (χ0n) is 10.2. The van der Waals surface area contributed by atoms with E-state index in [1.165, 1.54) is 12.8 Å². The van der Waals surface area contributed by atoms with Gasteiger partial charge in [0, 0.05) is 12.1 Å². The van der Waals surface area contributed by atoms with Crippen LogP contribution >= 0.6 is 0 Å². The third kappa shape index (κ3) is 4.05. The van der Waals surface area contributed by atoms with Crippen LogP contribution in [0.2, 0.25) is 0 Å². The summed E-state index contributed by atoms with van der Waals surface area (Å²) in [6.45, 7) is 5.15. The largest absolute Gasteiger partial charge is 0.352 e. The van der Waals surface area contributed by atoms with E-state index in [0.29, 0.717) is 5.92 Å². The van der Waals surface area contributed by atoms with Gasteiger partial charge in [-0.25, -0.2) is 0 Å². The van der Waals surface area contributed by atoms with Gasteiger partial charge in [-0.3, -0.25) is 4.79 Å². The van der Waals surface area contributed by atoms with Gasteiger partial charge in [0.15, 0.2) is 0 Å². The van der Waals surface area contributed by atoms with E-state index in [4.69, 9.17) is 0 Å². The highest BCUT2D eigenvalue weighted by molar-refractivity contribution is 5.94. The normalized spacial score (nSPS) is 12.1. The van der Waals surface area contributed by atoms with Gasteiger partial charge in [-0.2, -0.15) is 0 Å². The lowest BCUT2D eigenvalue weighted by atomic mass is 10.0. The standard InChI is InChI=1S/C14H21NO/c1-3-8-12(4-2)11-15-14(16)13-9-6-5-7-10-13/h5-7,9-10,12H,3-4,8,11H2,1-2H3,(H,15,16)/t12-/m1/s1. The Labute approximate surface area is 98.1 Å². The summed E-state index contributed by atoms with van der Waals surface area (Å²) < 4.78 is 0. The van der Waals surface area contributed by atoms with Crippen LogP contribution in [0.4, 0.5) is 0 Å². The topological polar surface area (TPSA) is 29.1 Å². The van der Waals surface area contributed by atoms with Gasteiger partial charge in [0.2, 0.25) is 0 Å². The first-order chi connectivity index (χ1) is 7.77. The number of carbonyl (C=O) groups excluding carboxylic acids is 1. The van der Waals surface area contributed by atoms with Gasteiger partial charge >= 0.3 is 0 Å². The molecule has 0 unspecified atom stereocenters. The van der Waals surface area contributed by atoms with E-state index in [0.717, 1.165) is 18.5 Å². The van der Waals surface area contributed by atoms with Crippen LogP contribution in [0, 0.1) is 5.92 Å². The lowest BCUT2D eigenvalue weighted by molar-refractivity contribution is 0.0946. The maximum absolute atomic E-state index is 11.8. The van der Waals surface area contributed by atoms with Crippen LogP contribution < -0.4 is 5.32 Å². The fourth-order valence-electron chi connectivity index (χ4n) is 1.79. The van der Waals surface area contributed by atoms with Crippen molar-refractivity contribution in [1.29, 1.82) is 0 Å². The van der Waals surface area contributed by atoms with Crippen LogP contribution in [0.25, 0.3) is 0 Å². The molecule has 1 aromatic rings. The van der Waals surface area contributed by atoms with Crippen molar-refractivity contribution >= 4 is 5.91 Å². The van der Waals surface area contributed by atoms with Gasteiger partial charge < -0.3 is 5.32 Å². The zero-order chi connectivity index (χ0) is 11.8. The predicted octanol–water partition coefficient (Wildman–Crippen LogP) is 3.24. The Hall–Kier alpha value is -1.31. The third-order valence-corrected chi connectivity index (χ3v) is 2.86. The minimum atomic E-state index is 0.0372. The molecule has 1 aromatic carbocycles. The molecule has 0 aliphatic carbocycles. The first kappa shape index (κ1) is 12.8. The number of nitrogens with one attached hydrogen (secondary N) is 1. The van der Waals surface area contributed by atoms with E-state index in [1.807, 2.05) is 30.3 Å². The molecule has 0 aliphatic heterocycles. The smallest absolute Gasteiger partial charge is 0.251 e. The summed E-state index contributed by atoms with van der Waals surface area (Å²) in [6.07, 6.45) is 3.49. The van der Waals surface area contributed by atoms with Crippen molar-refractivity contribution in [3.8, 4) is 0 Å². The van der Waals surface area contributed by atoms with E-state index in [2.05, 4.69) is 19.2 Å². The Kier molecular flexibility index (Phi) is 5.62. The molecular formula is C14H21NO. The van der Waals surface area contributed by atoms with Crippen molar-refractivity contribution in [3.63, 3.8) is 0 Å². The molecule has 0 aromatic heterocycles. The molecule has 2 nitrogen and oxygen atoms in total. The van der Waals surface area contributed by atoms with Crippen molar-refractivity contribution in [2.45, 2.75) is 33.1 Å². The Morgan fingerprint density at radius 2 is 1.94 bits per heavy atom. The second-order valence-electron chi connectivity index (χ2n) is 4.14. The average Bonchev–Trinajstić information content (AvgIpc) is 2.35. The molecule has 16 heavy (non-hydrogen) atoms. The summed E-state index contributed by atoms with van der Waals surface area (Å²) in [4.78, 5) is 11.8. The predicted molar refractivity (Wildman–Crippen MR) is 67.5 cm³/mol. The van der Waals surface area contributed by atoms with E-state index in [-0.39, 0.29) is 5.91 Å². The Bertz CT molecular complexity index is 308. The van der Waals surface area contributed by atoms with Gasteiger partial charge in [0.1, 0.15) is 0 Å². The molecule has 0 bridgehead atoms. The highest BCUT2D eigenvalue weighted by Gasteiger charge is 2.08. The fourth-order valence-corrected chi connectivity index (χ4v) is 1.79. The molecule has 0 saturated heterocycles. The van der Waals surface area contributed by atoms with Gasteiger partial charge in [-0.05, 0) is 24.5 Å². The molecule has 0 saturated carbocycles. The Morgan fingerprint density at radius 3 is 2.50 bits per heavy atom. The van der Waals surface area contributed by atoms with Gasteiger partial charge in [-0.1, -0.05) is 44.9 Å². The van der Waals surface area contributed by atoms with Crippen LogP contribution in [0.5, 0.6) is 0 Å². The average molecular weight is 219 g/mol. The maximum atomic E-state index is 11.8. The monoisotopic (exact) mass is 219 g/mol. The molecule has 1 atom stereocenters. The van der Waals surface area contributed by atoms with Crippen LogP contribution in [-0.2, 0) is 0 Å². The fraction of sp³-hybridized carbons (Fsp3) is 0.500. The van der Waals surface area contributed by atoms with Crippen LogP contribution in [-0.4, -0.2) is 12.5 Å². The number of rotatable bonds is 6. The molecule has 0 spiro atoms. The lowest BCUT2D eigenvalue weighted by Crippen LogP contribution is -2.29. The Morgan fingerprint density at radius 1 is 1.25 bits per heavy atom. The first-order valence-corrected chi connectivity index (χ1v) is 6.11. The maximum Gasteiger partial charge on any atom is 0.251 e. The highest BCUT2D eigenvalue weighted by atomic mass is 16.1. The summed E-state index contributed by atoms with van der Waals surface area (Å²) in [5.41, 5.74) is 0.744. The second-order valence-corrected chi connectivity index (χ2v) is 4.14. The second kappa shape index (κ2) is 7.04. The summed E-state index contributed by atoms with van der Waals surface area (Å²) in [5, 5.41) is 3.00. The lowest BCUT2D eigenvalue weighted by Gasteiger charge is -2.14. The molecule has 0 aliphatic rings. The SMILES string of the molecule is CCC[C@@H](CC)CNC(=O)c1ccccc1. The highest BCUT2D eigenvalue weighted by Crippen LogP contribution is 2.09. The molecule has 2 heteroatoms. The van der Waals surface area contributed by atoms with Crippen molar-refractivity contribution < 1.29 is 4.79 Å². The van der Waals surface area contributed by atoms with E-state index >= 15 is 0 Å². The third-order valence-electron chi connectivity index (χ3n) is 2.86. The van der Waals surface area contributed by atoms with Crippen LogP contribution in [0.3, 0.4) is 0 Å². The summed E-state index contributed by atoms with van der Waals surface area (Å²) in [6, 6.07) is 9.38. The Balaban J connectivity index is 2.40. The van der Waals surface area contributed by atoms with Crippen molar-refractivity contribution in [2.24, 2.45) is 5.92 Å². The quantitative estimate of drug-likeness (QED) is 0.782. The van der Waals surface area contributed by atoms with Crippen molar-refractivity contribution in [1.82, 2.24) is 5.32 Å². The number of benzene rings is 1. The van der Waals surface area contributed by atoms with E-state index < -0.39 is 0 Å². The summed E-state index contributed by atoms with van der Waals surface area (Å²) in [7, 11) is 0. The van der Waals surface area contributed by atoms with E-state index in [1.54, 1.807) is 0 Å². The summed E-state index contributed by atoms with van der Waals surface area (Å²) in [5.74, 6) is 0.646. The van der Waals surface area contributed by atoms with Gasteiger partial charge in [-0.15, -0.1) is 0 Å². The number of hydrogen-bond donors (Lipinski definition) is 1. The molecule has 1 rings (SSSR count). The zero-order valence-corrected chi connectivity index (χ0v) is 10.2. The molecule has 0 fully saturated rings. The molecular weight excluding hydrogens is 198 g/mol. The molecule has 0 radical (unpaired) electrons.